The maximum atomic E-state index is 11.6. The molecule has 0 saturated carbocycles. The highest BCUT2D eigenvalue weighted by Crippen LogP contribution is 2.20. The number of nitrogens with one attached hydrogen (secondary N) is 1. The number of nitrogens with zero attached hydrogens (tertiary/aromatic N) is 1. The van der Waals surface area contributed by atoms with E-state index in [0.717, 1.165) is 19.4 Å². The summed E-state index contributed by atoms with van der Waals surface area (Å²) < 4.78 is 0. The predicted octanol–water partition coefficient (Wildman–Crippen LogP) is 2.97. The molecule has 0 bridgehead atoms. The van der Waals surface area contributed by atoms with E-state index in [4.69, 9.17) is 0 Å². The molecular formula is C16H34N2O2. The van der Waals surface area contributed by atoms with Gasteiger partial charge in [0.1, 0.15) is 5.54 Å². The van der Waals surface area contributed by atoms with Gasteiger partial charge in [0.05, 0.1) is 0 Å². The molecule has 0 aliphatic heterocycles. The predicted molar refractivity (Wildman–Crippen MR) is 85.1 cm³/mol. The highest BCUT2D eigenvalue weighted by atomic mass is 16.4. The van der Waals surface area contributed by atoms with Crippen molar-refractivity contribution in [1.82, 2.24) is 10.2 Å². The van der Waals surface area contributed by atoms with Gasteiger partial charge >= 0.3 is 5.97 Å². The van der Waals surface area contributed by atoms with E-state index in [2.05, 4.69) is 51.9 Å². The minimum Gasteiger partial charge on any atom is -0.480 e. The lowest BCUT2D eigenvalue weighted by molar-refractivity contribution is -0.145. The summed E-state index contributed by atoms with van der Waals surface area (Å²) in [5.41, 5.74) is -0.846. The van der Waals surface area contributed by atoms with Crippen LogP contribution in [0.3, 0.4) is 0 Å². The van der Waals surface area contributed by atoms with Gasteiger partial charge in [-0.25, -0.2) is 0 Å². The summed E-state index contributed by atoms with van der Waals surface area (Å²) in [6.45, 7) is 13.4. The van der Waals surface area contributed by atoms with Crippen LogP contribution in [0.5, 0.6) is 0 Å². The van der Waals surface area contributed by atoms with Crippen LogP contribution >= 0.6 is 0 Å². The van der Waals surface area contributed by atoms with Crippen molar-refractivity contribution in [2.75, 3.05) is 13.6 Å². The Morgan fingerprint density at radius 1 is 1.25 bits per heavy atom. The molecule has 0 radical (unpaired) electrons. The molecule has 0 rings (SSSR count). The Bertz CT molecular complexity index is 294. The highest BCUT2D eigenvalue weighted by Gasteiger charge is 2.35. The number of aliphatic carboxylic acids is 1. The number of carboxylic acid groups (broad SMARTS) is 1. The third-order valence-corrected chi connectivity index (χ3v) is 4.14. The van der Waals surface area contributed by atoms with Gasteiger partial charge in [-0.15, -0.1) is 0 Å². The minimum absolute atomic E-state index is 0.231. The molecular weight excluding hydrogens is 252 g/mol. The molecule has 0 aromatic heterocycles. The van der Waals surface area contributed by atoms with E-state index in [1.165, 1.54) is 0 Å². The van der Waals surface area contributed by atoms with Crippen LogP contribution in [0.25, 0.3) is 0 Å². The van der Waals surface area contributed by atoms with E-state index < -0.39 is 11.5 Å². The molecule has 3 unspecified atom stereocenters. The van der Waals surface area contributed by atoms with Gasteiger partial charge in [-0.1, -0.05) is 20.8 Å². The van der Waals surface area contributed by atoms with Gasteiger partial charge in [0.2, 0.25) is 0 Å². The van der Waals surface area contributed by atoms with E-state index in [-0.39, 0.29) is 6.04 Å². The molecule has 0 aliphatic carbocycles. The van der Waals surface area contributed by atoms with E-state index in [1.54, 1.807) is 6.92 Å². The van der Waals surface area contributed by atoms with Crippen molar-refractivity contribution in [2.24, 2.45) is 5.92 Å². The molecule has 0 aromatic rings. The molecule has 0 aliphatic rings. The fourth-order valence-corrected chi connectivity index (χ4v) is 2.65. The second kappa shape index (κ2) is 8.63. The number of hydrogen-bond donors (Lipinski definition) is 2. The van der Waals surface area contributed by atoms with Gasteiger partial charge in [0, 0.05) is 12.1 Å². The SMILES string of the molecule is CCCNC(C)(CC(C)N(C)C(C)CC(C)C)C(=O)O. The van der Waals surface area contributed by atoms with Crippen LogP contribution in [-0.2, 0) is 4.79 Å². The van der Waals surface area contributed by atoms with Gasteiger partial charge in [0.25, 0.3) is 0 Å². The lowest BCUT2D eigenvalue weighted by Crippen LogP contribution is -2.54. The summed E-state index contributed by atoms with van der Waals surface area (Å²) >= 11 is 0. The van der Waals surface area contributed by atoms with Gasteiger partial charge < -0.3 is 15.3 Å². The van der Waals surface area contributed by atoms with Gasteiger partial charge in [-0.3, -0.25) is 4.79 Å². The number of carbonyl (C=O) groups is 1. The van der Waals surface area contributed by atoms with E-state index >= 15 is 0 Å². The Balaban J connectivity index is 4.66. The fraction of sp³-hybridized carbons (Fsp3) is 0.938. The molecule has 120 valence electrons. The average Bonchev–Trinajstić information content (AvgIpc) is 2.34. The summed E-state index contributed by atoms with van der Waals surface area (Å²) in [6, 6.07) is 0.698. The van der Waals surface area contributed by atoms with E-state index in [9.17, 15) is 9.90 Å². The van der Waals surface area contributed by atoms with Crippen molar-refractivity contribution in [3.8, 4) is 0 Å². The normalized spacial score (nSPS) is 18.1. The van der Waals surface area contributed by atoms with Crippen LogP contribution in [0.15, 0.2) is 0 Å². The quantitative estimate of drug-likeness (QED) is 0.648. The Morgan fingerprint density at radius 2 is 1.80 bits per heavy atom. The smallest absolute Gasteiger partial charge is 0.323 e. The Morgan fingerprint density at radius 3 is 2.20 bits per heavy atom. The molecule has 20 heavy (non-hydrogen) atoms. The standard InChI is InChI=1S/C16H34N2O2/c1-8-9-17-16(6,15(19)20)11-14(5)18(7)13(4)10-12(2)3/h12-14,17H,8-11H2,1-7H3,(H,19,20). The van der Waals surface area contributed by atoms with Crippen molar-refractivity contribution in [3.63, 3.8) is 0 Å². The average molecular weight is 286 g/mol. The maximum absolute atomic E-state index is 11.6. The molecule has 0 fully saturated rings. The maximum Gasteiger partial charge on any atom is 0.323 e. The minimum atomic E-state index is -0.846. The van der Waals surface area contributed by atoms with Crippen molar-refractivity contribution >= 4 is 5.97 Å². The van der Waals surface area contributed by atoms with Gasteiger partial charge in [-0.2, -0.15) is 0 Å². The van der Waals surface area contributed by atoms with Crippen LogP contribution in [-0.4, -0.2) is 47.2 Å². The summed E-state index contributed by atoms with van der Waals surface area (Å²) in [5.74, 6) is -0.105. The second-order valence-electron chi connectivity index (χ2n) is 6.76. The Kier molecular flexibility index (Phi) is 8.36. The van der Waals surface area contributed by atoms with Crippen molar-refractivity contribution in [3.05, 3.63) is 0 Å². The molecule has 0 amide bonds. The largest absolute Gasteiger partial charge is 0.480 e. The van der Waals surface area contributed by atoms with Gasteiger partial charge in [0.15, 0.2) is 0 Å². The molecule has 0 saturated heterocycles. The van der Waals surface area contributed by atoms with Crippen molar-refractivity contribution in [2.45, 2.75) is 78.4 Å². The van der Waals surface area contributed by atoms with E-state index in [0.29, 0.717) is 18.4 Å². The third kappa shape index (κ3) is 6.23. The summed E-state index contributed by atoms with van der Waals surface area (Å²) in [6.07, 6.45) is 2.69. The number of rotatable bonds is 10. The molecule has 2 N–H and O–H groups in total. The first-order valence-electron chi connectivity index (χ1n) is 7.84. The molecule has 4 nitrogen and oxygen atoms in total. The lowest BCUT2D eigenvalue weighted by Gasteiger charge is -2.37. The second-order valence-corrected chi connectivity index (χ2v) is 6.76. The van der Waals surface area contributed by atoms with Crippen LogP contribution in [0.1, 0.15) is 60.8 Å². The molecule has 0 spiro atoms. The highest BCUT2D eigenvalue weighted by molar-refractivity contribution is 5.78. The lowest BCUT2D eigenvalue weighted by atomic mass is 9.91. The zero-order chi connectivity index (χ0) is 15.9. The van der Waals surface area contributed by atoms with Crippen molar-refractivity contribution in [1.29, 1.82) is 0 Å². The van der Waals surface area contributed by atoms with Gasteiger partial charge in [-0.05, 0) is 59.5 Å². The molecule has 3 atom stereocenters. The molecule has 0 aromatic carbocycles. The van der Waals surface area contributed by atoms with Crippen molar-refractivity contribution < 1.29 is 9.90 Å². The zero-order valence-electron chi connectivity index (χ0n) is 14.4. The van der Waals surface area contributed by atoms with Crippen LogP contribution in [0, 0.1) is 5.92 Å². The summed E-state index contributed by atoms with van der Waals surface area (Å²) in [7, 11) is 2.10. The molecule has 4 heteroatoms. The van der Waals surface area contributed by atoms with E-state index in [1.807, 2.05) is 0 Å². The number of hydrogen-bond acceptors (Lipinski definition) is 3. The van der Waals surface area contributed by atoms with Crippen LogP contribution in [0.4, 0.5) is 0 Å². The first-order chi connectivity index (χ1) is 9.14. The zero-order valence-corrected chi connectivity index (χ0v) is 14.4. The number of carboxylic acids is 1. The Labute approximate surface area is 124 Å². The first-order valence-corrected chi connectivity index (χ1v) is 7.84. The van der Waals surface area contributed by atoms with Crippen LogP contribution < -0.4 is 5.32 Å². The summed E-state index contributed by atoms with van der Waals surface area (Å²) in [5, 5.41) is 12.7. The monoisotopic (exact) mass is 286 g/mol. The topological polar surface area (TPSA) is 52.6 Å². The van der Waals surface area contributed by atoms with Crippen LogP contribution in [0.2, 0.25) is 0 Å². The summed E-state index contributed by atoms with van der Waals surface area (Å²) in [4.78, 5) is 13.9. The third-order valence-electron chi connectivity index (χ3n) is 4.14. The molecule has 0 heterocycles. The fourth-order valence-electron chi connectivity index (χ4n) is 2.65. The Hall–Kier alpha value is -0.610. The first kappa shape index (κ1) is 19.4.